The number of carbonyl (C=O) groups is 2. The number of amides is 2. The van der Waals surface area contributed by atoms with Crippen molar-refractivity contribution in [2.24, 2.45) is 0 Å². The topological polar surface area (TPSA) is 67.4 Å². The molecule has 5 nitrogen and oxygen atoms in total. The van der Waals surface area contributed by atoms with E-state index in [1.54, 1.807) is 24.3 Å². The van der Waals surface area contributed by atoms with Crippen molar-refractivity contribution in [3.63, 3.8) is 0 Å². The molecule has 0 radical (unpaired) electrons. The van der Waals surface area contributed by atoms with Gasteiger partial charge in [0.05, 0.1) is 12.7 Å². The van der Waals surface area contributed by atoms with Gasteiger partial charge in [-0.25, -0.2) is 0 Å². The van der Waals surface area contributed by atoms with Gasteiger partial charge < -0.3 is 15.4 Å². The summed E-state index contributed by atoms with van der Waals surface area (Å²) in [5.74, 6) is -0.489. The molecule has 0 aromatic heterocycles. The van der Waals surface area contributed by atoms with Crippen molar-refractivity contribution in [1.29, 1.82) is 0 Å². The van der Waals surface area contributed by atoms with Gasteiger partial charge in [0.25, 0.3) is 5.91 Å². The number of nitrogens with one attached hydrogen (secondary N) is 2. The van der Waals surface area contributed by atoms with E-state index in [2.05, 4.69) is 10.6 Å². The standard InChI is InChI=1S/C27H30N2O3/c1-20(2)32-19-23-13-9-12-22(16-23)18-28-27(31)25(17-21-10-5-3-6-11-21)29-26(30)24-14-7-4-8-15-24/h3-16,20,25H,17-19H2,1-2H3,(H,28,31)(H,29,30). The summed E-state index contributed by atoms with van der Waals surface area (Å²) in [7, 11) is 0. The minimum Gasteiger partial charge on any atom is -0.374 e. The highest BCUT2D eigenvalue weighted by Gasteiger charge is 2.21. The first-order chi connectivity index (χ1) is 15.5. The van der Waals surface area contributed by atoms with Crippen molar-refractivity contribution in [2.75, 3.05) is 0 Å². The van der Waals surface area contributed by atoms with E-state index in [0.29, 0.717) is 25.1 Å². The molecule has 1 unspecified atom stereocenters. The second kappa shape index (κ2) is 11.8. The molecule has 0 fully saturated rings. The Kier molecular flexibility index (Phi) is 8.58. The van der Waals surface area contributed by atoms with Crippen LogP contribution in [-0.4, -0.2) is 24.0 Å². The molecule has 32 heavy (non-hydrogen) atoms. The van der Waals surface area contributed by atoms with Crippen molar-refractivity contribution in [1.82, 2.24) is 10.6 Å². The zero-order valence-electron chi connectivity index (χ0n) is 18.6. The summed E-state index contributed by atoms with van der Waals surface area (Å²) in [6, 6.07) is 25.9. The monoisotopic (exact) mass is 430 g/mol. The number of ether oxygens (including phenoxy) is 1. The van der Waals surface area contributed by atoms with Crippen LogP contribution in [0.15, 0.2) is 84.9 Å². The Labute approximate surface area is 189 Å². The molecule has 0 saturated carbocycles. The van der Waals surface area contributed by atoms with Gasteiger partial charge in [-0.3, -0.25) is 9.59 Å². The average Bonchev–Trinajstić information content (AvgIpc) is 2.82. The molecule has 2 N–H and O–H groups in total. The van der Waals surface area contributed by atoms with Crippen LogP contribution in [0.5, 0.6) is 0 Å². The Morgan fingerprint density at radius 1 is 0.812 bits per heavy atom. The molecule has 0 spiro atoms. The molecule has 3 rings (SSSR count). The van der Waals surface area contributed by atoms with Gasteiger partial charge in [-0.05, 0) is 42.7 Å². The average molecular weight is 431 g/mol. The molecule has 0 aliphatic heterocycles. The number of benzene rings is 3. The molecular weight excluding hydrogens is 400 g/mol. The van der Waals surface area contributed by atoms with Crippen LogP contribution in [-0.2, 0) is 29.1 Å². The molecular formula is C27H30N2O3. The molecule has 166 valence electrons. The highest BCUT2D eigenvalue weighted by Crippen LogP contribution is 2.09. The van der Waals surface area contributed by atoms with Gasteiger partial charge in [0.2, 0.25) is 5.91 Å². The van der Waals surface area contributed by atoms with Gasteiger partial charge >= 0.3 is 0 Å². The summed E-state index contributed by atoms with van der Waals surface area (Å²) in [6.07, 6.45) is 0.568. The Bertz CT molecular complexity index is 1000. The van der Waals surface area contributed by atoms with E-state index in [4.69, 9.17) is 4.74 Å². The van der Waals surface area contributed by atoms with Crippen LogP contribution < -0.4 is 10.6 Å². The second-order valence-electron chi connectivity index (χ2n) is 7.98. The maximum absolute atomic E-state index is 13.0. The molecule has 1 atom stereocenters. The molecule has 0 aliphatic carbocycles. The van der Waals surface area contributed by atoms with Gasteiger partial charge in [-0.1, -0.05) is 72.8 Å². The van der Waals surface area contributed by atoms with Crippen LogP contribution in [0, 0.1) is 0 Å². The molecule has 3 aromatic carbocycles. The van der Waals surface area contributed by atoms with Gasteiger partial charge in [0, 0.05) is 18.5 Å². The molecule has 2 amide bonds. The third-order valence-corrected chi connectivity index (χ3v) is 4.98. The lowest BCUT2D eigenvalue weighted by Gasteiger charge is -2.19. The zero-order valence-corrected chi connectivity index (χ0v) is 18.6. The van der Waals surface area contributed by atoms with Crippen LogP contribution in [0.1, 0.15) is 40.9 Å². The fourth-order valence-corrected chi connectivity index (χ4v) is 3.29. The van der Waals surface area contributed by atoms with E-state index in [9.17, 15) is 9.59 Å². The quantitative estimate of drug-likeness (QED) is 0.505. The van der Waals surface area contributed by atoms with Crippen LogP contribution in [0.4, 0.5) is 0 Å². The predicted octanol–water partition coefficient (Wildman–Crippen LogP) is 4.27. The SMILES string of the molecule is CC(C)OCc1cccc(CNC(=O)C(Cc2ccccc2)NC(=O)c2ccccc2)c1. The van der Waals surface area contributed by atoms with Crippen molar-refractivity contribution in [2.45, 2.75) is 45.6 Å². The van der Waals surface area contributed by atoms with Gasteiger partial charge in [0.15, 0.2) is 0 Å². The van der Waals surface area contributed by atoms with E-state index in [1.807, 2.05) is 74.5 Å². The van der Waals surface area contributed by atoms with Gasteiger partial charge in [0.1, 0.15) is 6.04 Å². The van der Waals surface area contributed by atoms with E-state index in [1.165, 1.54) is 0 Å². The normalized spacial score (nSPS) is 11.7. The highest BCUT2D eigenvalue weighted by atomic mass is 16.5. The maximum atomic E-state index is 13.0. The van der Waals surface area contributed by atoms with Gasteiger partial charge in [-0.15, -0.1) is 0 Å². The zero-order chi connectivity index (χ0) is 22.8. The highest BCUT2D eigenvalue weighted by molar-refractivity contribution is 5.97. The first kappa shape index (κ1) is 23.2. The molecule has 5 heteroatoms. The van der Waals surface area contributed by atoms with Crippen molar-refractivity contribution >= 4 is 11.8 Å². The van der Waals surface area contributed by atoms with Gasteiger partial charge in [-0.2, -0.15) is 0 Å². The molecule has 0 bridgehead atoms. The first-order valence-corrected chi connectivity index (χ1v) is 10.9. The summed E-state index contributed by atoms with van der Waals surface area (Å²) in [4.78, 5) is 25.7. The number of hydrogen-bond donors (Lipinski definition) is 2. The van der Waals surface area contributed by atoms with Crippen molar-refractivity contribution in [3.8, 4) is 0 Å². The fourth-order valence-electron chi connectivity index (χ4n) is 3.29. The summed E-state index contributed by atoms with van der Waals surface area (Å²) in [6.45, 7) is 4.91. The van der Waals surface area contributed by atoms with E-state index in [0.717, 1.165) is 16.7 Å². The Balaban J connectivity index is 1.66. The Morgan fingerprint density at radius 3 is 2.12 bits per heavy atom. The summed E-state index contributed by atoms with van der Waals surface area (Å²) in [5.41, 5.74) is 3.55. The smallest absolute Gasteiger partial charge is 0.251 e. The Morgan fingerprint density at radius 2 is 1.44 bits per heavy atom. The van der Waals surface area contributed by atoms with Crippen molar-refractivity contribution < 1.29 is 14.3 Å². The van der Waals surface area contributed by atoms with Crippen LogP contribution in [0.25, 0.3) is 0 Å². The summed E-state index contributed by atoms with van der Waals surface area (Å²) >= 11 is 0. The minimum absolute atomic E-state index is 0.158. The third-order valence-electron chi connectivity index (χ3n) is 4.98. The molecule has 3 aromatic rings. The van der Waals surface area contributed by atoms with Crippen LogP contribution in [0.2, 0.25) is 0 Å². The van der Waals surface area contributed by atoms with E-state index < -0.39 is 6.04 Å². The van der Waals surface area contributed by atoms with E-state index >= 15 is 0 Å². The largest absolute Gasteiger partial charge is 0.374 e. The second-order valence-corrected chi connectivity index (χ2v) is 7.98. The molecule has 0 aliphatic rings. The predicted molar refractivity (Wildman–Crippen MR) is 126 cm³/mol. The minimum atomic E-state index is -0.683. The number of carbonyl (C=O) groups excluding carboxylic acids is 2. The summed E-state index contributed by atoms with van der Waals surface area (Å²) in [5, 5.41) is 5.86. The fraction of sp³-hybridized carbons (Fsp3) is 0.259. The Hall–Kier alpha value is -3.44. The number of hydrogen-bond acceptors (Lipinski definition) is 3. The van der Waals surface area contributed by atoms with Crippen molar-refractivity contribution in [3.05, 3.63) is 107 Å². The lowest BCUT2D eigenvalue weighted by atomic mass is 10.0. The molecule has 0 saturated heterocycles. The first-order valence-electron chi connectivity index (χ1n) is 10.9. The lowest BCUT2D eigenvalue weighted by Crippen LogP contribution is -2.47. The maximum Gasteiger partial charge on any atom is 0.251 e. The van der Waals surface area contributed by atoms with E-state index in [-0.39, 0.29) is 17.9 Å². The lowest BCUT2D eigenvalue weighted by molar-refractivity contribution is -0.123. The summed E-state index contributed by atoms with van der Waals surface area (Å²) < 4.78 is 5.66. The molecule has 0 heterocycles. The van der Waals surface area contributed by atoms with Crippen LogP contribution in [0.3, 0.4) is 0 Å². The third kappa shape index (κ3) is 7.36. The number of rotatable bonds is 10. The van der Waals surface area contributed by atoms with Crippen LogP contribution >= 0.6 is 0 Å².